The van der Waals surface area contributed by atoms with Gasteiger partial charge in [-0.3, -0.25) is 4.98 Å². The minimum atomic E-state index is -0.0941. The largest absolute Gasteiger partial charge is 0.374 e. The maximum atomic E-state index is 5.85. The minimum absolute atomic E-state index is 0.0941. The molecule has 0 amide bonds. The molecule has 0 bridgehead atoms. The van der Waals surface area contributed by atoms with Crippen molar-refractivity contribution in [1.82, 2.24) is 10.3 Å². The van der Waals surface area contributed by atoms with Gasteiger partial charge in [0.05, 0.1) is 12.2 Å². The molecule has 0 radical (unpaired) electrons. The first-order valence-electron chi connectivity index (χ1n) is 6.37. The van der Waals surface area contributed by atoms with Crippen molar-refractivity contribution < 1.29 is 4.74 Å². The molecule has 1 atom stereocenters. The van der Waals surface area contributed by atoms with E-state index in [1.807, 2.05) is 6.20 Å². The molecule has 0 spiro atoms. The summed E-state index contributed by atoms with van der Waals surface area (Å²) in [5.74, 6) is 0. The van der Waals surface area contributed by atoms with E-state index in [1.54, 1.807) is 6.20 Å². The van der Waals surface area contributed by atoms with Gasteiger partial charge in [0.1, 0.15) is 0 Å². The quantitative estimate of drug-likeness (QED) is 0.875. The Morgan fingerprint density at radius 2 is 2.11 bits per heavy atom. The van der Waals surface area contributed by atoms with Crippen molar-refractivity contribution in [1.29, 1.82) is 0 Å². The molecule has 1 aromatic heterocycles. The number of likely N-dealkylation sites (N-methyl/N-ethyl adjacent to an activating group) is 1. The zero-order valence-corrected chi connectivity index (χ0v) is 13.3. The first kappa shape index (κ1) is 15.6. The Balaban J connectivity index is 2.57. The molecule has 0 aliphatic rings. The SMILES string of the molecule is CCNC(COC(C)(C)C)Cc1cncc(Br)c1. The molecule has 1 unspecified atom stereocenters. The number of rotatable bonds is 6. The first-order valence-corrected chi connectivity index (χ1v) is 7.17. The predicted molar refractivity (Wildman–Crippen MR) is 78.8 cm³/mol. The molecular formula is C14H23BrN2O. The summed E-state index contributed by atoms with van der Waals surface area (Å²) in [5.41, 5.74) is 1.12. The van der Waals surface area contributed by atoms with Crippen molar-refractivity contribution in [2.24, 2.45) is 0 Å². The number of nitrogens with zero attached hydrogens (tertiary/aromatic N) is 1. The molecule has 1 N–H and O–H groups in total. The molecule has 1 aromatic rings. The summed E-state index contributed by atoms with van der Waals surface area (Å²) < 4.78 is 6.87. The fraction of sp³-hybridized carbons (Fsp3) is 0.643. The lowest BCUT2D eigenvalue weighted by Crippen LogP contribution is -2.38. The minimum Gasteiger partial charge on any atom is -0.374 e. The van der Waals surface area contributed by atoms with E-state index in [2.05, 4.69) is 60.0 Å². The van der Waals surface area contributed by atoms with Crippen molar-refractivity contribution in [3.63, 3.8) is 0 Å². The number of ether oxygens (including phenoxy) is 1. The van der Waals surface area contributed by atoms with Gasteiger partial charge in [-0.2, -0.15) is 0 Å². The van der Waals surface area contributed by atoms with E-state index in [-0.39, 0.29) is 5.60 Å². The molecule has 0 aliphatic heterocycles. The van der Waals surface area contributed by atoms with Crippen LogP contribution in [0.1, 0.15) is 33.3 Å². The van der Waals surface area contributed by atoms with Crippen LogP contribution in [0.3, 0.4) is 0 Å². The number of hydrogen-bond donors (Lipinski definition) is 1. The number of nitrogens with one attached hydrogen (secondary N) is 1. The lowest BCUT2D eigenvalue weighted by molar-refractivity contribution is -0.0141. The molecule has 0 saturated carbocycles. The van der Waals surface area contributed by atoms with Crippen molar-refractivity contribution in [3.8, 4) is 0 Å². The molecule has 18 heavy (non-hydrogen) atoms. The summed E-state index contributed by atoms with van der Waals surface area (Å²) in [6.45, 7) is 10.0. The zero-order chi connectivity index (χ0) is 13.6. The number of pyridine rings is 1. The number of hydrogen-bond acceptors (Lipinski definition) is 3. The summed E-state index contributed by atoms with van der Waals surface area (Å²) in [5, 5.41) is 3.46. The van der Waals surface area contributed by atoms with E-state index >= 15 is 0 Å². The zero-order valence-electron chi connectivity index (χ0n) is 11.7. The molecule has 0 aromatic carbocycles. The topological polar surface area (TPSA) is 34.1 Å². The Morgan fingerprint density at radius 3 is 2.67 bits per heavy atom. The van der Waals surface area contributed by atoms with Crippen LogP contribution in [-0.4, -0.2) is 29.8 Å². The highest BCUT2D eigenvalue weighted by Gasteiger charge is 2.15. The highest BCUT2D eigenvalue weighted by Crippen LogP contribution is 2.13. The predicted octanol–water partition coefficient (Wildman–Crippen LogP) is 3.18. The van der Waals surface area contributed by atoms with Gasteiger partial charge in [0.2, 0.25) is 0 Å². The van der Waals surface area contributed by atoms with Gasteiger partial charge in [0.25, 0.3) is 0 Å². The van der Waals surface area contributed by atoms with E-state index in [9.17, 15) is 0 Å². The molecule has 4 heteroatoms. The smallest absolute Gasteiger partial charge is 0.0630 e. The molecule has 0 fully saturated rings. The Morgan fingerprint density at radius 1 is 1.39 bits per heavy atom. The fourth-order valence-corrected chi connectivity index (χ4v) is 2.09. The second kappa shape index (κ2) is 7.22. The Bertz CT molecular complexity index is 363. The number of aromatic nitrogens is 1. The number of halogens is 1. The molecular weight excluding hydrogens is 292 g/mol. The van der Waals surface area contributed by atoms with Crippen LogP contribution < -0.4 is 5.32 Å². The average molecular weight is 315 g/mol. The van der Waals surface area contributed by atoms with Crippen LogP contribution in [-0.2, 0) is 11.2 Å². The maximum absolute atomic E-state index is 5.85. The van der Waals surface area contributed by atoms with Gasteiger partial charge < -0.3 is 10.1 Å². The second-order valence-electron chi connectivity index (χ2n) is 5.39. The molecule has 0 aliphatic carbocycles. The molecule has 1 rings (SSSR count). The van der Waals surface area contributed by atoms with Gasteiger partial charge >= 0.3 is 0 Å². The van der Waals surface area contributed by atoms with Gasteiger partial charge in [0.15, 0.2) is 0 Å². The van der Waals surface area contributed by atoms with Crippen LogP contribution in [0.5, 0.6) is 0 Å². The van der Waals surface area contributed by atoms with Gasteiger partial charge in [-0.05, 0) is 61.3 Å². The van der Waals surface area contributed by atoms with Crippen LogP contribution in [0.2, 0.25) is 0 Å². The lowest BCUT2D eigenvalue weighted by Gasteiger charge is -2.25. The Labute approximate surface area is 118 Å². The highest BCUT2D eigenvalue weighted by atomic mass is 79.9. The van der Waals surface area contributed by atoms with Crippen LogP contribution in [0.15, 0.2) is 22.9 Å². The van der Waals surface area contributed by atoms with Crippen LogP contribution >= 0.6 is 15.9 Å². The second-order valence-corrected chi connectivity index (χ2v) is 6.31. The summed E-state index contributed by atoms with van der Waals surface area (Å²) in [4.78, 5) is 4.19. The van der Waals surface area contributed by atoms with Gasteiger partial charge in [0, 0.05) is 22.9 Å². The van der Waals surface area contributed by atoms with E-state index in [0.29, 0.717) is 12.6 Å². The van der Waals surface area contributed by atoms with Gasteiger partial charge in [-0.25, -0.2) is 0 Å². The Hall–Kier alpha value is -0.450. The first-order chi connectivity index (χ1) is 8.40. The van der Waals surface area contributed by atoms with Crippen LogP contribution in [0, 0.1) is 0 Å². The third-order valence-electron chi connectivity index (χ3n) is 2.45. The summed E-state index contributed by atoms with van der Waals surface area (Å²) in [6.07, 6.45) is 4.64. The summed E-state index contributed by atoms with van der Waals surface area (Å²) in [7, 11) is 0. The molecule has 102 valence electrons. The van der Waals surface area contributed by atoms with E-state index in [0.717, 1.165) is 17.4 Å². The maximum Gasteiger partial charge on any atom is 0.0630 e. The van der Waals surface area contributed by atoms with E-state index in [1.165, 1.54) is 5.56 Å². The fourth-order valence-electron chi connectivity index (χ4n) is 1.68. The lowest BCUT2D eigenvalue weighted by atomic mass is 10.1. The van der Waals surface area contributed by atoms with Crippen LogP contribution in [0.25, 0.3) is 0 Å². The monoisotopic (exact) mass is 314 g/mol. The molecule has 0 saturated heterocycles. The van der Waals surface area contributed by atoms with Crippen molar-refractivity contribution in [2.75, 3.05) is 13.2 Å². The summed E-state index contributed by atoms with van der Waals surface area (Å²) >= 11 is 3.45. The molecule has 3 nitrogen and oxygen atoms in total. The average Bonchev–Trinajstić information content (AvgIpc) is 2.25. The van der Waals surface area contributed by atoms with Gasteiger partial charge in [-0.15, -0.1) is 0 Å². The van der Waals surface area contributed by atoms with Gasteiger partial charge in [-0.1, -0.05) is 6.92 Å². The van der Waals surface area contributed by atoms with Crippen molar-refractivity contribution in [3.05, 3.63) is 28.5 Å². The van der Waals surface area contributed by atoms with Crippen molar-refractivity contribution >= 4 is 15.9 Å². The molecule has 1 heterocycles. The van der Waals surface area contributed by atoms with E-state index in [4.69, 9.17) is 4.74 Å². The van der Waals surface area contributed by atoms with Crippen LogP contribution in [0.4, 0.5) is 0 Å². The third-order valence-corrected chi connectivity index (χ3v) is 2.89. The normalized spacial score (nSPS) is 13.6. The van der Waals surface area contributed by atoms with E-state index < -0.39 is 0 Å². The van der Waals surface area contributed by atoms with Crippen molar-refractivity contribution in [2.45, 2.75) is 45.8 Å². The highest BCUT2D eigenvalue weighted by molar-refractivity contribution is 9.10. The Kier molecular flexibility index (Phi) is 6.26. The standard InChI is InChI=1S/C14H23BrN2O/c1-5-17-13(10-18-14(2,3)4)7-11-6-12(15)9-16-8-11/h6,8-9,13,17H,5,7,10H2,1-4H3. The third kappa shape index (κ3) is 6.47. The summed E-state index contributed by atoms with van der Waals surface area (Å²) in [6, 6.07) is 2.43.